The van der Waals surface area contributed by atoms with Crippen LogP contribution in [0.3, 0.4) is 0 Å². The van der Waals surface area contributed by atoms with Crippen LogP contribution in [0.2, 0.25) is 0 Å². The summed E-state index contributed by atoms with van der Waals surface area (Å²) in [7, 11) is 0. The molecule has 0 heterocycles. The van der Waals surface area contributed by atoms with E-state index in [0.29, 0.717) is 0 Å². The maximum Gasteiger partial charge on any atom is 0.0660 e. The van der Waals surface area contributed by atoms with E-state index >= 15 is 0 Å². The predicted molar refractivity (Wildman–Crippen MR) is 93.9 cm³/mol. The van der Waals surface area contributed by atoms with Crippen molar-refractivity contribution in [1.82, 2.24) is 0 Å². The average Bonchev–Trinajstić information content (AvgIpc) is 2.46. The fourth-order valence-corrected chi connectivity index (χ4v) is 4.24. The Kier molecular flexibility index (Phi) is 3.89. The highest BCUT2D eigenvalue weighted by molar-refractivity contribution is 14.1. The second-order valence-corrected chi connectivity index (χ2v) is 6.53. The molecule has 0 aromatic heterocycles. The maximum absolute atomic E-state index is 3.86. The monoisotopic (exact) mass is 422 g/mol. The van der Waals surface area contributed by atoms with Gasteiger partial charge in [-0.1, -0.05) is 76.6 Å². The van der Waals surface area contributed by atoms with E-state index in [1.807, 2.05) is 0 Å². The van der Waals surface area contributed by atoms with Crippen LogP contribution in [0.4, 0.5) is 0 Å². The molecule has 0 nitrogen and oxygen atoms in total. The molecule has 0 fully saturated rings. The van der Waals surface area contributed by atoms with Gasteiger partial charge in [-0.2, -0.15) is 0 Å². The molecule has 0 radical (unpaired) electrons. The van der Waals surface area contributed by atoms with Crippen LogP contribution in [-0.2, 0) is 0 Å². The lowest BCUT2D eigenvalue weighted by Crippen LogP contribution is -1.96. The molecule has 19 heavy (non-hydrogen) atoms. The molecule has 0 bridgehead atoms. The third-order valence-corrected chi connectivity index (χ3v) is 5.24. The first kappa shape index (κ1) is 13.1. The molecule has 1 atom stereocenters. The van der Waals surface area contributed by atoms with Crippen LogP contribution < -0.4 is 0 Å². The number of fused-ring (bicyclic) bond motifs is 1. The second kappa shape index (κ2) is 5.63. The van der Waals surface area contributed by atoms with E-state index in [9.17, 15) is 0 Å². The molecule has 3 rings (SSSR count). The Morgan fingerprint density at radius 1 is 0.737 bits per heavy atom. The molecule has 1 unspecified atom stereocenters. The average molecular weight is 423 g/mol. The van der Waals surface area contributed by atoms with Crippen molar-refractivity contribution in [1.29, 1.82) is 0 Å². The molecule has 0 spiro atoms. The fraction of sp³-hybridized carbons (Fsp3) is 0.0588. The largest absolute Gasteiger partial charge is 0.0786 e. The zero-order chi connectivity index (χ0) is 13.2. The van der Waals surface area contributed by atoms with Gasteiger partial charge in [0.25, 0.3) is 0 Å². The van der Waals surface area contributed by atoms with Gasteiger partial charge in [-0.3, -0.25) is 0 Å². The summed E-state index contributed by atoms with van der Waals surface area (Å²) in [6.45, 7) is 0. The summed E-state index contributed by atoms with van der Waals surface area (Å²) in [5.74, 6) is 0. The lowest BCUT2D eigenvalue weighted by atomic mass is 9.98. The molecule has 0 amide bonds. The zero-order valence-corrected chi connectivity index (χ0v) is 13.9. The van der Waals surface area contributed by atoms with Crippen molar-refractivity contribution in [2.75, 3.05) is 0 Å². The molecule has 0 aliphatic carbocycles. The number of alkyl halides is 1. The van der Waals surface area contributed by atoms with Crippen molar-refractivity contribution < 1.29 is 0 Å². The molecule has 0 N–H and O–H groups in total. The summed E-state index contributed by atoms with van der Waals surface area (Å²) in [4.78, 5) is 0.228. The first-order chi connectivity index (χ1) is 9.27. The smallest absolute Gasteiger partial charge is 0.0660 e. The Bertz CT molecular complexity index is 716. The van der Waals surface area contributed by atoms with Gasteiger partial charge in [0.05, 0.1) is 4.83 Å². The lowest BCUT2D eigenvalue weighted by Gasteiger charge is -2.15. The van der Waals surface area contributed by atoms with Gasteiger partial charge in [0.2, 0.25) is 0 Å². The molecule has 3 aromatic carbocycles. The number of hydrogen-bond donors (Lipinski definition) is 0. The van der Waals surface area contributed by atoms with E-state index < -0.39 is 0 Å². The number of rotatable bonds is 2. The van der Waals surface area contributed by atoms with E-state index in [1.54, 1.807) is 0 Å². The van der Waals surface area contributed by atoms with Crippen LogP contribution in [0.25, 0.3) is 10.8 Å². The van der Waals surface area contributed by atoms with E-state index in [0.717, 1.165) is 0 Å². The highest BCUT2D eigenvalue weighted by Crippen LogP contribution is 2.37. The molecular formula is C17H12BrI. The Balaban J connectivity index is 2.17. The first-order valence-corrected chi connectivity index (χ1v) is 8.13. The minimum Gasteiger partial charge on any atom is -0.0786 e. The van der Waals surface area contributed by atoms with Gasteiger partial charge in [-0.25, -0.2) is 0 Å². The SMILES string of the molecule is BrC(c1ccccc1I)c1cccc2ccccc12. The van der Waals surface area contributed by atoms with Crippen molar-refractivity contribution in [3.05, 3.63) is 81.4 Å². The summed E-state index contributed by atoms with van der Waals surface area (Å²) in [6, 6.07) is 23.5. The van der Waals surface area contributed by atoms with Crippen molar-refractivity contribution in [2.45, 2.75) is 4.83 Å². The molecule has 94 valence electrons. The number of halogens is 2. The van der Waals surface area contributed by atoms with Crippen molar-refractivity contribution in [3.63, 3.8) is 0 Å². The molecule has 0 saturated heterocycles. The Hall–Kier alpha value is -0.870. The minimum atomic E-state index is 0.228. The Labute approximate surface area is 135 Å². The van der Waals surface area contributed by atoms with Gasteiger partial charge in [0.15, 0.2) is 0 Å². The highest BCUT2D eigenvalue weighted by Gasteiger charge is 2.15. The molecule has 2 heteroatoms. The summed E-state index contributed by atoms with van der Waals surface area (Å²) in [5.41, 5.74) is 2.64. The predicted octanol–water partition coefficient (Wildman–Crippen LogP) is 5.93. The third kappa shape index (κ3) is 2.56. The molecular weight excluding hydrogens is 411 g/mol. The van der Waals surface area contributed by atoms with Crippen molar-refractivity contribution >= 4 is 49.3 Å². The summed E-state index contributed by atoms with van der Waals surface area (Å²) in [6.07, 6.45) is 0. The Morgan fingerprint density at radius 2 is 1.37 bits per heavy atom. The van der Waals surface area contributed by atoms with E-state index in [4.69, 9.17) is 0 Å². The normalized spacial score (nSPS) is 12.5. The fourth-order valence-electron chi connectivity index (χ4n) is 2.32. The van der Waals surface area contributed by atoms with Gasteiger partial charge in [-0.15, -0.1) is 0 Å². The molecule has 0 aliphatic heterocycles. The van der Waals surface area contributed by atoms with Crippen LogP contribution in [-0.4, -0.2) is 0 Å². The van der Waals surface area contributed by atoms with Crippen LogP contribution in [0.1, 0.15) is 16.0 Å². The molecule has 0 aliphatic rings. The van der Waals surface area contributed by atoms with Crippen LogP contribution in [0, 0.1) is 3.57 Å². The minimum absolute atomic E-state index is 0.228. The first-order valence-electron chi connectivity index (χ1n) is 6.13. The van der Waals surface area contributed by atoms with Gasteiger partial charge in [0.1, 0.15) is 0 Å². The second-order valence-electron chi connectivity index (χ2n) is 4.45. The van der Waals surface area contributed by atoms with E-state index in [2.05, 4.69) is 105 Å². The van der Waals surface area contributed by atoms with Gasteiger partial charge in [0, 0.05) is 3.57 Å². The van der Waals surface area contributed by atoms with Gasteiger partial charge in [-0.05, 0) is 50.6 Å². The number of benzene rings is 3. The number of hydrogen-bond acceptors (Lipinski definition) is 0. The van der Waals surface area contributed by atoms with Gasteiger partial charge >= 0.3 is 0 Å². The quantitative estimate of drug-likeness (QED) is 0.354. The van der Waals surface area contributed by atoms with Crippen molar-refractivity contribution in [3.8, 4) is 0 Å². The summed E-state index contributed by atoms with van der Waals surface area (Å²) < 4.78 is 1.29. The van der Waals surface area contributed by atoms with Crippen LogP contribution >= 0.6 is 38.5 Å². The highest BCUT2D eigenvalue weighted by atomic mass is 127. The molecule has 3 aromatic rings. The Morgan fingerprint density at radius 3 is 2.21 bits per heavy atom. The van der Waals surface area contributed by atoms with E-state index in [-0.39, 0.29) is 4.83 Å². The van der Waals surface area contributed by atoms with Crippen molar-refractivity contribution in [2.24, 2.45) is 0 Å². The third-order valence-electron chi connectivity index (χ3n) is 3.27. The van der Waals surface area contributed by atoms with Crippen LogP contribution in [0.15, 0.2) is 66.7 Å². The lowest BCUT2D eigenvalue weighted by molar-refractivity contribution is 1.18. The van der Waals surface area contributed by atoms with Crippen LogP contribution in [0.5, 0.6) is 0 Å². The maximum atomic E-state index is 3.86. The standard InChI is InChI=1S/C17H12BrI/c18-17(15-9-3-4-11-16(15)19)14-10-5-7-12-6-1-2-8-13(12)14/h1-11,17H. The zero-order valence-electron chi connectivity index (χ0n) is 10.2. The van der Waals surface area contributed by atoms with Gasteiger partial charge < -0.3 is 0 Å². The topological polar surface area (TPSA) is 0 Å². The summed E-state index contributed by atoms with van der Waals surface area (Å²) >= 11 is 6.26. The summed E-state index contributed by atoms with van der Waals surface area (Å²) in [5, 5.41) is 2.60. The molecule has 0 saturated carbocycles. The van der Waals surface area contributed by atoms with E-state index in [1.165, 1.54) is 25.5 Å².